The molecule has 0 aliphatic carbocycles. The highest BCUT2D eigenvalue weighted by molar-refractivity contribution is 6.11. The molecule has 0 fully saturated rings. The lowest BCUT2D eigenvalue weighted by Gasteiger charge is -2.17. The Morgan fingerprint density at radius 1 is 0.618 bits per heavy atom. The number of benzene rings is 5. The normalized spacial score (nSPS) is 10.6. The van der Waals surface area contributed by atoms with Gasteiger partial charge in [-0.25, -0.2) is 0 Å². The largest absolute Gasteiger partial charge is 0.507 e. The van der Waals surface area contributed by atoms with Crippen LogP contribution < -0.4 is 9.47 Å². The molecular weight excluding hydrogens is 424 g/mol. The molecule has 5 aromatic carbocycles. The monoisotopic (exact) mass is 446 g/mol. The van der Waals surface area contributed by atoms with E-state index in [4.69, 9.17) is 9.47 Å². The molecule has 5 aromatic rings. The van der Waals surface area contributed by atoms with E-state index in [0.29, 0.717) is 22.6 Å². The molecule has 0 aliphatic rings. The van der Waals surface area contributed by atoms with Crippen molar-refractivity contribution in [2.45, 2.75) is 0 Å². The van der Waals surface area contributed by atoms with Crippen molar-refractivity contribution in [2.24, 2.45) is 0 Å². The molecule has 0 aromatic heterocycles. The van der Waals surface area contributed by atoms with Crippen molar-refractivity contribution in [1.82, 2.24) is 0 Å². The Morgan fingerprint density at radius 3 is 2.12 bits per heavy atom. The van der Waals surface area contributed by atoms with E-state index < -0.39 is 0 Å². The molecule has 0 radical (unpaired) electrons. The Kier molecular flexibility index (Phi) is 5.45. The van der Waals surface area contributed by atoms with Gasteiger partial charge >= 0.3 is 0 Å². The van der Waals surface area contributed by atoms with E-state index in [9.17, 15) is 10.2 Å². The predicted molar refractivity (Wildman–Crippen MR) is 136 cm³/mol. The van der Waals surface area contributed by atoms with Gasteiger partial charge in [0.2, 0.25) is 0 Å². The first kappa shape index (κ1) is 21.2. The van der Waals surface area contributed by atoms with Crippen LogP contribution in [0.4, 0.5) is 0 Å². The molecule has 4 heteroatoms. The average molecular weight is 447 g/mol. The molecule has 0 aliphatic heterocycles. The van der Waals surface area contributed by atoms with Gasteiger partial charge in [0, 0.05) is 22.3 Å². The quantitative estimate of drug-likeness (QED) is 0.311. The molecule has 166 valence electrons. The summed E-state index contributed by atoms with van der Waals surface area (Å²) in [6, 6.07) is 26.5. The SMILES string of the molecule is COc1ccc2c(-c3c(O)ccc4cc(C#Cc5ccccc5)ccc34)c(O)c(OC)cc2c1. The zero-order chi connectivity index (χ0) is 23.7. The molecule has 0 bridgehead atoms. The first-order valence-corrected chi connectivity index (χ1v) is 10.8. The first-order chi connectivity index (χ1) is 16.6. The second-order valence-corrected chi connectivity index (χ2v) is 7.90. The third kappa shape index (κ3) is 3.74. The van der Waals surface area contributed by atoms with Gasteiger partial charge in [-0.3, -0.25) is 0 Å². The summed E-state index contributed by atoms with van der Waals surface area (Å²) in [5.74, 6) is 7.42. The maximum absolute atomic E-state index is 11.1. The number of aromatic hydroxyl groups is 2. The van der Waals surface area contributed by atoms with Gasteiger partial charge in [-0.2, -0.15) is 0 Å². The molecule has 2 N–H and O–H groups in total. The number of fused-ring (bicyclic) bond motifs is 2. The minimum atomic E-state index is -0.0316. The van der Waals surface area contributed by atoms with E-state index in [-0.39, 0.29) is 11.5 Å². The lowest BCUT2D eigenvalue weighted by Crippen LogP contribution is -1.92. The van der Waals surface area contributed by atoms with Crippen LogP contribution in [0, 0.1) is 11.8 Å². The molecule has 0 amide bonds. The van der Waals surface area contributed by atoms with Crippen molar-refractivity contribution < 1.29 is 19.7 Å². The van der Waals surface area contributed by atoms with Gasteiger partial charge in [0.1, 0.15) is 11.5 Å². The second-order valence-electron chi connectivity index (χ2n) is 7.90. The third-order valence-corrected chi connectivity index (χ3v) is 5.88. The van der Waals surface area contributed by atoms with Crippen LogP contribution in [0.15, 0.2) is 84.9 Å². The Labute approximate surface area is 197 Å². The summed E-state index contributed by atoms with van der Waals surface area (Å²) >= 11 is 0. The van der Waals surface area contributed by atoms with Crippen LogP contribution in [0.1, 0.15) is 11.1 Å². The maximum Gasteiger partial charge on any atom is 0.166 e. The minimum Gasteiger partial charge on any atom is -0.507 e. The fourth-order valence-electron chi connectivity index (χ4n) is 4.21. The molecule has 4 nitrogen and oxygen atoms in total. The van der Waals surface area contributed by atoms with Gasteiger partial charge in [0.05, 0.1) is 14.2 Å². The minimum absolute atomic E-state index is 0.0316. The van der Waals surface area contributed by atoms with E-state index in [1.165, 1.54) is 7.11 Å². The standard InChI is InChI=1S/C30H22O4/c1-33-23-12-14-25-22(17-23)18-27(34-2)30(32)29(25)28-24-13-10-20(16-21(24)11-15-26(28)31)9-8-19-6-4-3-5-7-19/h3-7,10-18,31-32H,1-2H3. The van der Waals surface area contributed by atoms with Crippen LogP contribution in [0.3, 0.4) is 0 Å². The predicted octanol–water partition coefficient (Wildman–Crippen LogP) is 6.49. The van der Waals surface area contributed by atoms with Gasteiger partial charge in [-0.15, -0.1) is 0 Å². The molecule has 0 unspecified atom stereocenters. The molecule has 5 rings (SSSR count). The highest BCUT2D eigenvalue weighted by atomic mass is 16.5. The molecule has 0 heterocycles. The summed E-state index contributed by atoms with van der Waals surface area (Å²) in [4.78, 5) is 0. The van der Waals surface area contributed by atoms with Crippen LogP contribution in [0.25, 0.3) is 32.7 Å². The number of phenolic OH excluding ortho intramolecular Hbond substituents is 2. The molecule has 0 saturated carbocycles. The summed E-state index contributed by atoms with van der Waals surface area (Å²) in [6.07, 6.45) is 0. The van der Waals surface area contributed by atoms with Crippen molar-refractivity contribution in [1.29, 1.82) is 0 Å². The topological polar surface area (TPSA) is 58.9 Å². The molecular formula is C30H22O4. The summed E-state index contributed by atoms with van der Waals surface area (Å²) < 4.78 is 10.8. The molecule has 0 spiro atoms. The Bertz CT molecular complexity index is 1590. The first-order valence-electron chi connectivity index (χ1n) is 10.8. The zero-order valence-electron chi connectivity index (χ0n) is 18.8. The van der Waals surface area contributed by atoms with E-state index in [0.717, 1.165) is 32.7 Å². The fourth-order valence-corrected chi connectivity index (χ4v) is 4.21. The summed E-state index contributed by atoms with van der Waals surface area (Å²) in [5.41, 5.74) is 2.84. The highest BCUT2D eigenvalue weighted by Gasteiger charge is 2.20. The van der Waals surface area contributed by atoms with Gasteiger partial charge < -0.3 is 19.7 Å². The second kappa shape index (κ2) is 8.73. The number of ether oxygens (including phenoxy) is 2. The number of phenols is 2. The highest BCUT2D eigenvalue weighted by Crippen LogP contribution is 2.48. The lowest BCUT2D eigenvalue weighted by molar-refractivity contribution is 0.375. The number of methoxy groups -OCH3 is 2. The van der Waals surface area contributed by atoms with E-state index in [1.54, 1.807) is 19.2 Å². The maximum atomic E-state index is 11.1. The van der Waals surface area contributed by atoms with E-state index in [2.05, 4.69) is 11.8 Å². The zero-order valence-corrected chi connectivity index (χ0v) is 18.8. The van der Waals surface area contributed by atoms with Crippen LogP contribution in [0.5, 0.6) is 23.0 Å². The van der Waals surface area contributed by atoms with Gasteiger partial charge in [-0.1, -0.05) is 42.2 Å². The molecule has 0 atom stereocenters. The Balaban J connectivity index is 1.73. The van der Waals surface area contributed by atoms with Crippen LogP contribution in [0.2, 0.25) is 0 Å². The van der Waals surface area contributed by atoms with Gasteiger partial charge in [0.15, 0.2) is 11.5 Å². The van der Waals surface area contributed by atoms with E-state index >= 15 is 0 Å². The Morgan fingerprint density at radius 2 is 1.35 bits per heavy atom. The number of rotatable bonds is 3. The summed E-state index contributed by atoms with van der Waals surface area (Å²) in [5, 5.41) is 25.3. The fraction of sp³-hybridized carbons (Fsp3) is 0.0667. The van der Waals surface area contributed by atoms with E-state index in [1.807, 2.05) is 72.8 Å². The van der Waals surface area contributed by atoms with Crippen LogP contribution in [-0.2, 0) is 0 Å². The number of hydrogen-bond donors (Lipinski definition) is 2. The van der Waals surface area contributed by atoms with Crippen molar-refractivity contribution in [3.63, 3.8) is 0 Å². The van der Waals surface area contributed by atoms with Gasteiger partial charge in [-0.05, 0) is 76.1 Å². The van der Waals surface area contributed by atoms with Crippen molar-refractivity contribution in [2.75, 3.05) is 14.2 Å². The van der Waals surface area contributed by atoms with Crippen molar-refractivity contribution in [3.8, 4) is 46.0 Å². The summed E-state index contributed by atoms with van der Waals surface area (Å²) in [6.45, 7) is 0. The lowest BCUT2D eigenvalue weighted by atomic mass is 9.91. The smallest absolute Gasteiger partial charge is 0.166 e. The molecule has 0 saturated heterocycles. The molecule has 34 heavy (non-hydrogen) atoms. The van der Waals surface area contributed by atoms with Crippen molar-refractivity contribution >= 4 is 21.5 Å². The number of hydrogen-bond acceptors (Lipinski definition) is 4. The average Bonchev–Trinajstić information content (AvgIpc) is 2.88. The third-order valence-electron chi connectivity index (χ3n) is 5.88. The van der Waals surface area contributed by atoms with Gasteiger partial charge in [0.25, 0.3) is 0 Å². The Hall–Kier alpha value is -4.62. The van der Waals surface area contributed by atoms with Crippen LogP contribution >= 0.6 is 0 Å². The van der Waals surface area contributed by atoms with Crippen molar-refractivity contribution in [3.05, 3.63) is 96.1 Å². The van der Waals surface area contributed by atoms with Crippen LogP contribution in [-0.4, -0.2) is 24.4 Å². The summed E-state index contributed by atoms with van der Waals surface area (Å²) in [7, 11) is 3.11.